The molecule has 0 aliphatic heterocycles. The summed E-state index contributed by atoms with van der Waals surface area (Å²) in [7, 11) is 0. The molecule has 0 saturated heterocycles. The lowest BCUT2D eigenvalue weighted by Crippen LogP contribution is -2.28. The molecule has 1 fully saturated rings. The normalized spacial score (nSPS) is 17.7. The molecule has 0 aromatic carbocycles. The summed E-state index contributed by atoms with van der Waals surface area (Å²) in [6, 6.07) is 0. The molecule has 1 aliphatic carbocycles. The molecule has 1 saturated carbocycles. The first kappa shape index (κ1) is 15.5. The van der Waals surface area contributed by atoms with Gasteiger partial charge in [0.25, 0.3) is 0 Å². The monoisotopic (exact) mass is 255 g/mol. The minimum atomic E-state index is -0.0197. The van der Waals surface area contributed by atoms with E-state index < -0.39 is 0 Å². The van der Waals surface area contributed by atoms with Crippen molar-refractivity contribution in [2.45, 2.75) is 65.2 Å². The molecule has 0 radical (unpaired) electrons. The zero-order valence-corrected chi connectivity index (χ0v) is 12.0. The summed E-state index contributed by atoms with van der Waals surface area (Å²) in [5.74, 6) is 0.830. The van der Waals surface area contributed by atoms with Crippen LogP contribution in [-0.2, 0) is 4.79 Å². The molecule has 0 spiro atoms. The molecule has 0 heterocycles. The molecule has 1 aliphatic rings. The van der Waals surface area contributed by atoms with Crippen molar-refractivity contribution in [2.24, 2.45) is 11.3 Å². The van der Waals surface area contributed by atoms with Gasteiger partial charge in [-0.25, -0.2) is 0 Å². The third kappa shape index (κ3) is 6.39. The molecule has 3 nitrogen and oxygen atoms in total. The lowest BCUT2D eigenvalue weighted by atomic mass is 9.87. The van der Waals surface area contributed by atoms with E-state index >= 15 is 0 Å². The van der Waals surface area contributed by atoms with E-state index in [1.165, 1.54) is 32.1 Å². The number of hydrogen-bond donors (Lipinski definition) is 2. The van der Waals surface area contributed by atoms with E-state index in [1.54, 1.807) is 0 Å². The van der Waals surface area contributed by atoms with Crippen LogP contribution in [-0.4, -0.2) is 24.2 Å². The number of amides is 1. The first-order chi connectivity index (χ1) is 8.53. The fraction of sp³-hybridized carbons (Fsp3) is 0.933. The minimum Gasteiger partial charge on any atom is -0.396 e. The zero-order valence-electron chi connectivity index (χ0n) is 12.0. The van der Waals surface area contributed by atoms with E-state index in [1.807, 2.05) is 0 Å². The first-order valence-electron chi connectivity index (χ1n) is 7.41. The van der Waals surface area contributed by atoms with Gasteiger partial charge in [-0.1, -0.05) is 33.1 Å². The van der Waals surface area contributed by atoms with Crippen molar-refractivity contribution >= 4 is 5.91 Å². The predicted molar refractivity (Wildman–Crippen MR) is 74.3 cm³/mol. The van der Waals surface area contributed by atoms with Crippen LogP contribution in [0, 0.1) is 11.3 Å². The maximum absolute atomic E-state index is 11.7. The van der Waals surface area contributed by atoms with Crippen LogP contribution in [0.15, 0.2) is 0 Å². The van der Waals surface area contributed by atoms with Crippen LogP contribution >= 0.6 is 0 Å². The molecule has 3 heteroatoms. The van der Waals surface area contributed by atoms with Gasteiger partial charge in [-0.3, -0.25) is 4.79 Å². The van der Waals surface area contributed by atoms with Crippen LogP contribution < -0.4 is 5.32 Å². The van der Waals surface area contributed by atoms with Crippen molar-refractivity contribution in [3.05, 3.63) is 0 Å². The van der Waals surface area contributed by atoms with Gasteiger partial charge in [-0.05, 0) is 37.0 Å². The van der Waals surface area contributed by atoms with Crippen LogP contribution in [0.1, 0.15) is 65.2 Å². The number of carbonyl (C=O) groups is 1. The molecular weight excluding hydrogens is 226 g/mol. The van der Waals surface area contributed by atoms with E-state index in [-0.39, 0.29) is 17.9 Å². The predicted octanol–water partition coefficient (Wildman–Crippen LogP) is 2.87. The highest BCUT2D eigenvalue weighted by molar-refractivity contribution is 5.76. The van der Waals surface area contributed by atoms with Gasteiger partial charge >= 0.3 is 0 Å². The Balaban J connectivity index is 2.06. The molecule has 0 bridgehead atoms. The summed E-state index contributed by atoms with van der Waals surface area (Å²) in [6.45, 7) is 5.06. The molecule has 0 aromatic rings. The highest BCUT2D eigenvalue weighted by Gasteiger charge is 2.18. The van der Waals surface area contributed by atoms with Crippen molar-refractivity contribution in [3.8, 4) is 0 Å². The summed E-state index contributed by atoms with van der Waals surface area (Å²) >= 11 is 0. The van der Waals surface area contributed by atoms with E-state index in [0.717, 1.165) is 19.4 Å². The lowest BCUT2D eigenvalue weighted by Gasteiger charge is -2.22. The molecule has 0 atom stereocenters. The summed E-state index contributed by atoms with van der Waals surface area (Å²) in [4.78, 5) is 11.7. The number of aliphatic hydroxyl groups is 1. The van der Waals surface area contributed by atoms with Crippen molar-refractivity contribution in [1.29, 1.82) is 0 Å². The highest BCUT2D eigenvalue weighted by atomic mass is 16.3. The lowest BCUT2D eigenvalue weighted by molar-refractivity contribution is -0.122. The van der Waals surface area contributed by atoms with E-state index in [0.29, 0.717) is 12.3 Å². The Morgan fingerprint density at radius 3 is 2.56 bits per heavy atom. The first-order valence-corrected chi connectivity index (χ1v) is 7.41. The Labute approximate surface area is 111 Å². The molecular formula is C15H29NO2. The Morgan fingerprint density at radius 2 is 1.94 bits per heavy atom. The Morgan fingerprint density at radius 1 is 1.28 bits per heavy atom. The largest absolute Gasteiger partial charge is 0.396 e. The van der Waals surface area contributed by atoms with Gasteiger partial charge in [-0.2, -0.15) is 0 Å². The topological polar surface area (TPSA) is 49.3 Å². The summed E-state index contributed by atoms with van der Waals surface area (Å²) in [5.41, 5.74) is -0.0197. The zero-order chi connectivity index (χ0) is 13.4. The second-order valence-electron chi connectivity index (χ2n) is 6.48. The SMILES string of the molecule is CC(C)(CO)CCCNC(=O)CC1CCCCC1. The Hall–Kier alpha value is -0.570. The van der Waals surface area contributed by atoms with Gasteiger partial charge in [-0.15, -0.1) is 0 Å². The molecule has 1 rings (SSSR count). The molecule has 1 amide bonds. The third-order valence-corrected chi connectivity index (χ3v) is 3.98. The van der Waals surface area contributed by atoms with Gasteiger partial charge in [0.2, 0.25) is 5.91 Å². The molecule has 2 N–H and O–H groups in total. The van der Waals surface area contributed by atoms with Gasteiger partial charge in [0, 0.05) is 19.6 Å². The molecule has 0 aromatic heterocycles. The minimum absolute atomic E-state index is 0.0197. The van der Waals surface area contributed by atoms with Crippen molar-refractivity contribution in [1.82, 2.24) is 5.32 Å². The fourth-order valence-electron chi connectivity index (χ4n) is 2.60. The average Bonchev–Trinajstić information content (AvgIpc) is 2.36. The Kier molecular flexibility index (Phi) is 6.69. The van der Waals surface area contributed by atoms with Crippen LogP contribution in [0.3, 0.4) is 0 Å². The van der Waals surface area contributed by atoms with Crippen molar-refractivity contribution < 1.29 is 9.90 Å². The second kappa shape index (κ2) is 7.78. The fourth-order valence-corrected chi connectivity index (χ4v) is 2.60. The number of hydrogen-bond acceptors (Lipinski definition) is 2. The highest BCUT2D eigenvalue weighted by Crippen LogP contribution is 2.26. The summed E-state index contributed by atoms with van der Waals surface area (Å²) in [6.07, 6.45) is 9.00. The van der Waals surface area contributed by atoms with E-state index in [4.69, 9.17) is 5.11 Å². The van der Waals surface area contributed by atoms with E-state index in [2.05, 4.69) is 19.2 Å². The maximum Gasteiger partial charge on any atom is 0.220 e. The Bertz CT molecular complexity index is 245. The van der Waals surface area contributed by atoms with Gasteiger partial charge in [0.05, 0.1) is 0 Å². The third-order valence-electron chi connectivity index (χ3n) is 3.98. The van der Waals surface area contributed by atoms with Crippen molar-refractivity contribution in [2.75, 3.05) is 13.2 Å². The second-order valence-corrected chi connectivity index (χ2v) is 6.48. The number of carbonyl (C=O) groups excluding carboxylic acids is 1. The average molecular weight is 255 g/mol. The van der Waals surface area contributed by atoms with Crippen LogP contribution in [0.4, 0.5) is 0 Å². The van der Waals surface area contributed by atoms with Crippen LogP contribution in [0.2, 0.25) is 0 Å². The molecule has 106 valence electrons. The van der Waals surface area contributed by atoms with Gasteiger partial charge < -0.3 is 10.4 Å². The van der Waals surface area contributed by atoms with Gasteiger partial charge in [0.1, 0.15) is 0 Å². The maximum atomic E-state index is 11.7. The molecule has 0 unspecified atom stereocenters. The van der Waals surface area contributed by atoms with E-state index in [9.17, 15) is 4.79 Å². The van der Waals surface area contributed by atoms with Gasteiger partial charge in [0.15, 0.2) is 0 Å². The number of nitrogens with one attached hydrogen (secondary N) is 1. The van der Waals surface area contributed by atoms with Crippen LogP contribution in [0.25, 0.3) is 0 Å². The quantitative estimate of drug-likeness (QED) is 0.687. The number of rotatable bonds is 7. The summed E-state index contributed by atoms with van der Waals surface area (Å²) < 4.78 is 0. The van der Waals surface area contributed by atoms with Crippen LogP contribution in [0.5, 0.6) is 0 Å². The standard InChI is InChI=1S/C15H29NO2/c1-15(2,12-17)9-6-10-16-14(18)11-13-7-4-3-5-8-13/h13,17H,3-12H2,1-2H3,(H,16,18). The number of aliphatic hydroxyl groups excluding tert-OH is 1. The summed E-state index contributed by atoms with van der Waals surface area (Å²) in [5, 5.41) is 12.1. The molecule has 18 heavy (non-hydrogen) atoms. The smallest absolute Gasteiger partial charge is 0.220 e. The van der Waals surface area contributed by atoms with Crippen molar-refractivity contribution in [3.63, 3.8) is 0 Å².